The summed E-state index contributed by atoms with van der Waals surface area (Å²) in [6.07, 6.45) is 5.70. The number of hydrogen-bond acceptors (Lipinski definition) is 4. The molecule has 0 aliphatic heterocycles. The Morgan fingerprint density at radius 2 is 2.08 bits per heavy atom. The number of aromatic nitrogens is 2. The Bertz CT molecular complexity index is 917. The summed E-state index contributed by atoms with van der Waals surface area (Å²) in [4.78, 5) is 16.7. The highest BCUT2D eigenvalue weighted by atomic mass is 16.5. The molecule has 0 atom stereocenters. The van der Waals surface area contributed by atoms with Crippen molar-refractivity contribution in [1.82, 2.24) is 9.38 Å². The fourth-order valence-electron chi connectivity index (χ4n) is 2.80. The summed E-state index contributed by atoms with van der Waals surface area (Å²) in [6, 6.07) is 1.79. The minimum atomic E-state index is -0.372. The number of imidazole rings is 1. The predicted octanol–water partition coefficient (Wildman–Crippen LogP) is 4.62. The number of anilines is 1. The Morgan fingerprint density at radius 1 is 1.38 bits per heavy atom. The number of allylic oxidation sites excluding steroid dienone is 3. The molecule has 0 aliphatic carbocycles. The maximum atomic E-state index is 12.1. The van der Waals surface area contributed by atoms with E-state index in [0.717, 1.165) is 28.3 Å². The van der Waals surface area contributed by atoms with E-state index >= 15 is 0 Å². The van der Waals surface area contributed by atoms with Crippen molar-refractivity contribution in [3.8, 4) is 0 Å². The van der Waals surface area contributed by atoms with Gasteiger partial charge >= 0.3 is 5.97 Å². The smallest absolute Gasteiger partial charge is 0.339 e. The van der Waals surface area contributed by atoms with Gasteiger partial charge in [-0.15, -0.1) is 0 Å². The van der Waals surface area contributed by atoms with Crippen LogP contribution in [-0.2, 0) is 4.74 Å². The second-order valence-electron chi connectivity index (χ2n) is 6.30. The van der Waals surface area contributed by atoms with Crippen LogP contribution in [0.4, 0.5) is 5.69 Å². The molecule has 1 N–H and O–H groups in total. The molecular weight excluding hydrogens is 326 g/mol. The molecule has 5 heteroatoms. The molecule has 0 spiro atoms. The molecule has 0 bridgehead atoms. The van der Waals surface area contributed by atoms with Gasteiger partial charge in [-0.2, -0.15) is 0 Å². The number of carbonyl (C=O) groups is 1. The molecule has 0 aliphatic rings. The monoisotopic (exact) mass is 353 g/mol. The van der Waals surface area contributed by atoms with E-state index in [1.54, 1.807) is 12.3 Å². The molecule has 138 valence electrons. The number of aryl methyl sites for hydroxylation is 2. The van der Waals surface area contributed by atoms with Crippen molar-refractivity contribution < 1.29 is 9.53 Å². The van der Waals surface area contributed by atoms with Crippen LogP contribution in [0.5, 0.6) is 0 Å². The minimum absolute atomic E-state index is 0.372. The molecule has 0 saturated carbocycles. The molecule has 2 heterocycles. The number of nitrogens with zero attached hydrogens (tertiary/aromatic N) is 2. The van der Waals surface area contributed by atoms with Crippen molar-refractivity contribution in [3.63, 3.8) is 0 Å². The fourth-order valence-corrected chi connectivity index (χ4v) is 2.80. The molecule has 0 amide bonds. The van der Waals surface area contributed by atoms with E-state index in [2.05, 4.69) is 29.9 Å². The van der Waals surface area contributed by atoms with Crippen LogP contribution in [0.1, 0.15) is 42.5 Å². The number of methoxy groups -OCH3 is 1. The van der Waals surface area contributed by atoms with Crippen LogP contribution >= 0.6 is 0 Å². The maximum Gasteiger partial charge on any atom is 0.339 e. The SMILES string of the molecule is C=C/C(C)=C(CNc1cc(C(=O)OC)cn2c(C)c(C)nc12)\C(C)=C/C. The molecule has 0 saturated heterocycles. The second kappa shape index (κ2) is 8.04. The van der Waals surface area contributed by atoms with E-state index in [-0.39, 0.29) is 5.97 Å². The minimum Gasteiger partial charge on any atom is -0.465 e. The molecule has 26 heavy (non-hydrogen) atoms. The summed E-state index contributed by atoms with van der Waals surface area (Å²) < 4.78 is 6.82. The third-order valence-electron chi connectivity index (χ3n) is 4.76. The first-order chi connectivity index (χ1) is 12.3. The van der Waals surface area contributed by atoms with Crippen LogP contribution in [0.3, 0.4) is 0 Å². The fraction of sp³-hybridized carbons (Fsp3) is 0.333. The molecule has 2 aromatic rings. The first-order valence-corrected chi connectivity index (χ1v) is 8.61. The average Bonchev–Trinajstić information content (AvgIpc) is 2.94. The molecule has 2 aromatic heterocycles. The zero-order chi connectivity index (χ0) is 19.4. The summed E-state index contributed by atoms with van der Waals surface area (Å²) in [5, 5.41) is 3.44. The van der Waals surface area contributed by atoms with Crippen molar-refractivity contribution in [3.05, 3.63) is 64.7 Å². The van der Waals surface area contributed by atoms with Crippen LogP contribution in [0.25, 0.3) is 5.65 Å². The van der Waals surface area contributed by atoms with Gasteiger partial charge in [-0.05, 0) is 51.8 Å². The van der Waals surface area contributed by atoms with Gasteiger partial charge in [0.2, 0.25) is 0 Å². The number of nitrogens with one attached hydrogen (secondary N) is 1. The number of fused-ring (bicyclic) bond motifs is 1. The van der Waals surface area contributed by atoms with Gasteiger partial charge in [0.1, 0.15) is 0 Å². The summed E-state index contributed by atoms with van der Waals surface area (Å²) in [7, 11) is 1.38. The highest BCUT2D eigenvalue weighted by molar-refractivity contribution is 5.91. The van der Waals surface area contributed by atoms with Crippen LogP contribution in [0, 0.1) is 13.8 Å². The summed E-state index contributed by atoms with van der Waals surface area (Å²) >= 11 is 0. The zero-order valence-corrected chi connectivity index (χ0v) is 16.4. The number of pyridine rings is 1. The molecule has 2 rings (SSSR count). The molecule has 0 aromatic carbocycles. The lowest BCUT2D eigenvalue weighted by Gasteiger charge is -2.15. The Hall–Kier alpha value is -2.82. The Labute approximate surface area is 155 Å². The number of carbonyl (C=O) groups excluding carboxylic acids is 1. The van der Waals surface area contributed by atoms with E-state index in [9.17, 15) is 4.79 Å². The quantitative estimate of drug-likeness (QED) is 0.608. The molecule has 0 radical (unpaired) electrons. The van der Waals surface area contributed by atoms with Gasteiger partial charge in [0.05, 0.1) is 24.1 Å². The van der Waals surface area contributed by atoms with Crippen molar-refractivity contribution in [2.24, 2.45) is 0 Å². The number of ether oxygens (including phenoxy) is 1. The Morgan fingerprint density at radius 3 is 2.65 bits per heavy atom. The van der Waals surface area contributed by atoms with Gasteiger partial charge in [-0.3, -0.25) is 0 Å². The lowest BCUT2D eigenvalue weighted by atomic mass is 10.0. The summed E-state index contributed by atoms with van der Waals surface area (Å²) in [5.74, 6) is -0.372. The average molecular weight is 353 g/mol. The maximum absolute atomic E-state index is 12.1. The highest BCUT2D eigenvalue weighted by Crippen LogP contribution is 2.24. The zero-order valence-electron chi connectivity index (χ0n) is 16.4. The van der Waals surface area contributed by atoms with E-state index in [4.69, 9.17) is 4.74 Å². The number of hydrogen-bond donors (Lipinski definition) is 1. The van der Waals surface area contributed by atoms with E-state index < -0.39 is 0 Å². The first kappa shape index (κ1) is 19.5. The van der Waals surface area contributed by atoms with E-state index in [1.165, 1.54) is 18.3 Å². The van der Waals surface area contributed by atoms with Crippen LogP contribution < -0.4 is 5.32 Å². The Balaban J connectivity index is 2.53. The van der Waals surface area contributed by atoms with Crippen LogP contribution in [0.2, 0.25) is 0 Å². The molecule has 0 unspecified atom stereocenters. The predicted molar refractivity (Wildman–Crippen MR) is 107 cm³/mol. The highest BCUT2D eigenvalue weighted by Gasteiger charge is 2.15. The van der Waals surface area contributed by atoms with Gasteiger partial charge in [0.25, 0.3) is 0 Å². The summed E-state index contributed by atoms with van der Waals surface area (Å²) in [5.41, 5.74) is 7.47. The number of rotatable bonds is 6. The molecule has 0 fully saturated rings. The normalized spacial score (nSPS) is 12.8. The van der Waals surface area contributed by atoms with Gasteiger partial charge in [-0.1, -0.05) is 24.3 Å². The van der Waals surface area contributed by atoms with Gasteiger partial charge in [0, 0.05) is 18.4 Å². The van der Waals surface area contributed by atoms with Gasteiger partial charge in [0.15, 0.2) is 5.65 Å². The topological polar surface area (TPSA) is 55.6 Å². The van der Waals surface area contributed by atoms with Crippen molar-refractivity contribution >= 4 is 17.3 Å². The van der Waals surface area contributed by atoms with Gasteiger partial charge < -0.3 is 14.5 Å². The Kier molecular flexibility index (Phi) is 6.03. The van der Waals surface area contributed by atoms with Crippen LogP contribution in [0.15, 0.2) is 47.7 Å². The molecule has 5 nitrogen and oxygen atoms in total. The van der Waals surface area contributed by atoms with Gasteiger partial charge in [-0.25, -0.2) is 9.78 Å². The second-order valence-corrected chi connectivity index (χ2v) is 6.30. The third-order valence-corrected chi connectivity index (χ3v) is 4.76. The standard InChI is InChI=1S/C21H27N3O2/c1-8-13(3)18(14(4)9-2)11-22-19-10-17(21(25)26-7)12-24-16(6)15(5)23-20(19)24/h8-10,12,22H,1,11H2,2-7H3/b14-9-,18-13-. The summed E-state index contributed by atoms with van der Waals surface area (Å²) in [6.45, 7) is 14.6. The van der Waals surface area contributed by atoms with E-state index in [0.29, 0.717) is 12.1 Å². The van der Waals surface area contributed by atoms with Crippen molar-refractivity contribution in [1.29, 1.82) is 0 Å². The first-order valence-electron chi connectivity index (χ1n) is 8.61. The number of esters is 1. The largest absolute Gasteiger partial charge is 0.465 e. The van der Waals surface area contributed by atoms with E-state index in [1.807, 2.05) is 38.2 Å². The lowest BCUT2D eigenvalue weighted by Crippen LogP contribution is -2.11. The molecular formula is C21H27N3O2. The lowest BCUT2D eigenvalue weighted by molar-refractivity contribution is 0.0600. The van der Waals surface area contributed by atoms with Crippen LogP contribution in [-0.4, -0.2) is 29.0 Å². The van der Waals surface area contributed by atoms with Crippen molar-refractivity contribution in [2.45, 2.75) is 34.6 Å². The third kappa shape index (κ3) is 3.72. The van der Waals surface area contributed by atoms with Crippen molar-refractivity contribution in [2.75, 3.05) is 19.0 Å².